The van der Waals surface area contributed by atoms with Crippen LogP contribution in [-0.2, 0) is 5.41 Å². The maximum atomic E-state index is 12.0. The zero-order chi connectivity index (χ0) is 11.2. The number of benzene rings is 1. The van der Waals surface area contributed by atoms with Gasteiger partial charge >= 0.3 is 0 Å². The van der Waals surface area contributed by atoms with Crippen LogP contribution in [0.1, 0.15) is 35.3 Å². The molecule has 0 radical (unpaired) electrons. The Labute approximate surface area is 89.2 Å². The SMILES string of the molecule is Cc1ccc2c(c1)C(=O)/C(=C\O)C2(C)C. The molecule has 1 aliphatic rings. The first-order valence-electron chi connectivity index (χ1n) is 4.99. The van der Waals surface area contributed by atoms with E-state index >= 15 is 0 Å². The van der Waals surface area contributed by atoms with Crippen molar-refractivity contribution in [1.82, 2.24) is 0 Å². The number of ketones is 1. The van der Waals surface area contributed by atoms with Gasteiger partial charge in [0.2, 0.25) is 0 Å². The topological polar surface area (TPSA) is 37.3 Å². The van der Waals surface area contributed by atoms with E-state index in [9.17, 15) is 4.79 Å². The monoisotopic (exact) mass is 202 g/mol. The van der Waals surface area contributed by atoms with Crippen molar-refractivity contribution in [2.45, 2.75) is 26.2 Å². The van der Waals surface area contributed by atoms with E-state index in [0.717, 1.165) is 23.0 Å². The largest absolute Gasteiger partial charge is 0.515 e. The molecule has 1 aromatic carbocycles. The fourth-order valence-corrected chi connectivity index (χ4v) is 2.18. The summed E-state index contributed by atoms with van der Waals surface area (Å²) in [6.07, 6.45) is 0.942. The van der Waals surface area contributed by atoms with Gasteiger partial charge in [-0.25, -0.2) is 0 Å². The van der Waals surface area contributed by atoms with Gasteiger partial charge in [-0.3, -0.25) is 4.79 Å². The van der Waals surface area contributed by atoms with Crippen LogP contribution in [0.15, 0.2) is 30.0 Å². The molecular formula is C13H14O2. The standard InChI is InChI=1S/C13H14O2/c1-8-4-5-10-9(6-8)12(15)11(7-14)13(10,2)3/h4-7,14H,1-3H3/b11-7+. The third-order valence-electron chi connectivity index (χ3n) is 3.14. The lowest BCUT2D eigenvalue weighted by atomic mass is 9.83. The van der Waals surface area contributed by atoms with Crippen LogP contribution in [0.2, 0.25) is 0 Å². The highest BCUT2D eigenvalue weighted by molar-refractivity contribution is 6.15. The van der Waals surface area contributed by atoms with Crippen LogP contribution in [-0.4, -0.2) is 10.9 Å². The molecule has 0 fully saturated rings. The highest BCUT2D eigenvalue weighted by Crippen LogP contribution is 2.42. The van der Waals surface area contributed by atoms with E-state index in [0.29, 0.717) is 5.57 Å². The lowest BCUT2D eigenvalue weighted by molar-refractivity contribution is 0.103. The van der Waals surface area contributed by atoms with Gasteiger partial charge in [-0.1, -0.05) is 31.5 Å². The highest BCUT2D eigenvalue weighted by atomic mass is 16.2. The number of hydrogen-bond donors (Lipinski definition) is 1. The molecule has 0 saturated heterocycles. The van der Waals surface area contributed by atoms with Gasteiger partial charge in [0.1, 0.15) is 0 Å². The van der Waals surface area contributed by atoms with Gasteiger partial charge in [-0.2, -0.15) is 0 Å². The van der Waals surface area contributed by atoms with E-state index in [4.69, 9.17) is 5.11 Å². The summed E-state index contributed by atoms with van der Waals surface area (Å²) in [7, 11) is 0. The minimum Gasteiger partial charge on any atom is -0.515 e. The number of rotatable bonds is 0. The van der Waals surface area contributed by atoms with Crippen molar-refractivity contribution in [3.05, 3.63) is 46.7 Å². The molecular weight excluding hydrogens is 188 g/mol. The summed E-state index contributed by atoms with van der Waals surface area (Å²) in [5.74, 6) is -0.0544. The van der Waals surface area contributed by atoms with E-state index in [1.54, 1.807) is 0 Å². The average Bonchev–Trinajstić information content (AvgIpc) is 2.34. The number of carbonyl (C=O) groups is 1. The van der Waals surface area contributed by atoms with Crippen molar-refractivity contribution in [1.29, 1.82) is 0 Å². The maximum Gasteiger partial charge on any atom is 0.193 e. The second-order valence-electron chi connectivity index (χ2n) is 4.55. The number of carbonyl (C=O) groups excluding carboxylic acids is 1. The molecule has 2 nitrogen and oxygen atoms in total. The predicted molar refractivity (Wildman–Crippen MR) is 59.2 cm³/mol. The quantitative estimate of drug-likeness (QED) is 0.518. The van der Waals surface area contributed by atoms with Gasteiger partial charge < -0.3 is 5.11 Å². The number of Topliss-reactive ketones (excluding diaryl/α,β-unsaturated/α-hetero) is 1. The fraction of sp³-hybridized carbons (Fsp3) is 0.308. The summed E-state index contributed by atoms with van der Waals surface area (Å²) < 4.78 is 0. The Hall–Kier alpha value is -1.57. The molecule has 0 spiro atoms. The first kappa shape index (κ1) is 9.97. The molecule has 1 aromatic rings. The van der Waals surface area contributed by atoms with Gasteiger partial charge in [-0.05, 0) is 18.6 Å². The Morgan fingerprint density at radius 2 is 2.00 bits per heavy atom. The normalized spacial score (nSPS) is 20.7. The molecule has 0 saturated carbocycles. The molecule has 0 aromatic heterocycles. The Bertz CT molecular complexity index is 467. The lowest BCUT2D eigenvalue weighted by Gasteiger charge is -2.19. The Balaban J connectivity index is 2.74. The lowest BCUT2D eigenvalue weighted by Crippen LogP contribution is -2.16. The molecule has 0 aliphatic heterocycles. The molecule has 0 amide bonds. The zero-order valence-electron chi connectivity index (χ0n) is 9.16. The molecule has 1 aliphatic carbocycles. The van der Waals surface area contributed by atoms with Crippen molar-refractivity contribution in [3.63, 3.8) is 0 Å². The third-order valence-corrected chi connectivity index (χ3v) is 3.14. The van der Waals surface area contributed by atoms with E-state index in [1.807, 2.05) is 39.0 Å². The number of aryl methyl sites for hydroxylation is 1. The first-order valence-corrected chi connectivity index (χ1v) is 4.99. The molecule has 2 heteroatoms. The fourth-order valence-electron chi connectivity index (χ4n) is 2.18. The van der Waals surface area contributed by atoms with Crippen LogP contribution < -0.4 is 0 Å². The smallest absolute Gasteiger partial charge is 0.193 e. The van der Waals surface area contributed by atoms with Gasteiger partial charge in [0.25, 0.3) is 0 Å². The third kappa shape index (κ3) is 1.21. The summed E-state index contributed by atoms with van der Waals surface area (Å²) in [5.41, 5.74) is 2.88. The average molecular weight is 202 g/mol. The minimum absolute atomic E-state index is 0.0544. The van der Waals surface area contributed by atoms with Crippen molar-refractivity contribution < 1.29 is 9.90 Å². The van der Waals surface area contributed by atoms with E-state index < -0.39 is 0 Å². The first-order chi connectivity index (χ1) is 6.98. The van der Waals surface area contributed by atoms with Gasteiger partial charge in [0.05, 0.1) is 6.26 Å². The minimum atomic E-state index is -0.380. The molecule has 1 N–H and O–H groups in total. The van der Waals surface area contributed by atoms with Crippen LogP contribution in [0, 0.1) is 6.92 Å². The van der Waals surface area contributed by atoms with Crippen LogP contribution in [0.5, 0.6) is 0 Å². The highest BCUT2D eigenvalue weighted by Gasteiger charge is 2.41. The molecule has 0 bridgehead atoms. The number of hydrogen-bond acceptors (Lipinski definition) is 2. The molecule has 0 atom stereocenters. The van der Waals surface area contributed by atoms with Crippen molar-refractivity contribution in [2.24, 2.45) is 0 Å². The molecule has 2 rings (SSSR count). The number of allylic oxidation sites excluding steroid dienone is 1. The maximum absolute atomic E-state index is 12.0. The van der Waals surface area contributed by atoms with Crippen LogP contribution in [0.3, 0.4) is 0 Å². The van der Waals surface area contributed by atoms with E-state index in [1.165, 1.54) is 0 Å². The Morgan fingerprint density at radius 1 is 1.33 bits per heavy atom. The summed E-state index contributed by atoms with van der Waals surface area (Å²) in [6, 6.07) is 5.85. The molecule has 0 heterocycles. The van der Waals surface area contributed by atoms with E-state index in [2.05, 4.69) is 0 Å². The molecule has 0 unspecified atom stereocenters. The van der Waals surface area contributed by atoms with Crippen LogP contribution >= 0.6 is 0 Å². The van der Waals surface area contributed by atoms with Crippen molar-refractivity contribution >= 4 is 5.78 Å². The zero-order valence-corrected chi connectivity index (χ0v) is 9.16. The predicted octanol–water partition coefficient (Wildman–Crippen LogP) is 2.91. The second kappa shape index (κ2) is 2.96. The van der Waals surface area contributed by atoms with Crippen molar-refractivity contribution in [3.8, 4) is 0 Å². The molecule has 78 valence electrons. The summed E-state index contributed by atoms with van der Waals surface area (Å²) in [5, 5.41) is 9.13. The van der Waals surface area contributed by atoms with E-state index in [-0.39, 0.29) is 11.2 Å². The molecule has 15 heavy (non-hydrogen) atoms. The summed E-state index contributed by atoms with van der Waals surface area (Å²) >= 11 is 0. The summed E-state index contributed by atoms with van der Waals surface area (Å²) in [4.78, 5) is 12.0. The Morgan fingerprint density at radius 3 is 2.60 bits per heavy atom. The van der Waals surface area contributed by atoms with Crippen molar-refractivity contribution in [2.75, 3.05) is 0 Å². The summed E-state index contributed by atoms with van der Waals surface area (Å²) in [6.45, 7) is 5.86. The number of fused-ring (bicyclic) bond motifs is 1. The van der Waals surface area contributed by atoms with Crippen LogP contribution in [0.25, 0.3) is 0 Å². The Kier molecular flexibility index (Phi) is 1.97. The van der Waals surface area contributed by atoms with Gasteiger partial charge in [0, 0.05) is 16.6 Å². The van der Waals surface area contributed by atoms with Crippen LogP contribution in [0.4, 0.5) is 0 Å². The van der Waals surface area contributed by atoms with Gasteiger partial charge in [0.15, 0.2) is 5.78 Å². The second-order valence-corrected chi connectivity index (χ2v) is 4.55. The number of aliphatic hydroxyl groups is 1. The van der Waals surface area contributed by atoms with Gasteiger partial charge in [-0.15, -0.1) is 0 Å². The number of aliphatic hydroxyl groups excluding tert-OH is 1.